The average molecular weight is 899 g/mol. The van der Waals surface area contributed by atoms with Gasteiger partial charge in [-0.1, -0.05) is 0 Å². The van der Waals surface area contributed by atoms with Crippen LogP contribution in [0.5, 0.6) is 23.0 Å². The molecule has 0 fully saturated rings. The van der Waals surface area contributed by atoms with E-state index in [4.69, 9.17) is 18.1 Å². The van der Waals surface area contributed by atoms with E-state index in [0.29, 0.717) is 23.0 Å². The molecule has 6 aromatic rings. The Bertz CT molecular complexity index is 1940. The number of allylic oxidation sites excluding steroid dienone is 2. The predicted molar refractivity (Wildman–Crippen MR) is 226 cm³/mol. The van der Waals surface area contributed by atoms with Crippen molar-refractivity contribution in [2.75, 3.05) is 0 Å². The van der Waals surface area contributed by atoms with Crippen molar-refractivity contribution in [2.24, 2.45) is 0 Å². The minimum atomic E-state index is -3.76. The number of para-hydroxylation sites is 4. The SMILES string of the molecule is O=P(/C=C(/CCCCC/C(=C/P(=O)(Oc1ccccc1)Oc1ccccc1)[Se]c1ccccc1)[Se]c1ccccc1)(Oc1ccccc1)Oc1ccccc1. The molecule has 10 heteroatoms. The van der Waals surface area contributed by atoms with Crippen LogP contribution in [0.2, 0.25) is 0 Å². The van der Waals surface area contributed by atoms with Gasteiger partial charge in [-0.15, -0.1) is 0 Å². The number of hydrogen-bond donors (Lipinski definition) is 0. The fraction of sp³-hybridized carbons (Fsp3) is 0.111. The number of unbranched alkanes of at least 4 members (excludes halogenated alkanes) is 2. The third-order valence-corrected chi connectivity index (χ3v) is 16.3. The first-order valence-electron chi connectivity index (χ1n) is 18.0. The van der Waals surface area contributed by atoms with E-state index >= 15 is 0 Å². The summed E-state index contributed by atoms with van der Waals surface area (Å²) in [6.07, 6.45) is 4.08. The summed E-state index contributed by atoms with van der Waals surface area (Å²) < 4.78 is 58.0. The van der Waals surface area contributed by atoms with E-state index in [1.54, 1.807) is 60.2 Å². The van der Waals surface area contributed by atoms with Gasteiger partial charge in [0, 0.05) is 0 Å². The maximum absolute atomic E-state index is 14.5. The van der Waals surface area contributed by atoms with Gasteiger partial charge in [-0.05, 0) is 0 Å². The van der Waals surface area contributed by atoms with Gasteiger partial charge in [0.05, 0.1) is 0 Å². The van der Waals surface area contributed by atoms with Gasteiger partial charge >= 0.3 is 339 Å². The van der Waals surface area contributed by atoms with Crippen molar-refractivity contribution in [3.63, 3.8) is 0 Å². The van der Waals surface area contributed by atoms with Crippen molar-refractivity contribution in [2.45, 2.75) is 32.1 Å². The van der Waals surface area contributed by atoms with Crippen LogP contribution in [0.1, 0.15) is 32.1 Å². The molecular formula is C45H42O6P2Se2. The zero-order chi connectivity index (χ0) is 38.0. The molecule has 0 N–H and O–H groups in total. The molecule has 0 saturated carbocycles. The van der Waals surface area contributed by atoms with Gasteiger partial charge in [0.15, 0.2) is 0 Å². The van der Waals surface area contributed by atoms with Crippen molar-refractivity contribution in [1.82, 2.24) is 0 Å². The summed E-state index contributed by atoms with van der Waals surface area (Å²) in [5.74, 6) is 5.40. The second kappa shape index (κ2) is 21.0. The third-order valence-electron chi connectivity index (χ3n) is 7.84. The molecule has 0 saturated heterocycles. The van der Waals surface area contributed by atoms with Gasteiger partial charge in [-0.25, -0.2) is 0 Å². The summed E-state index contributed by atoms with van der Waals surface area (Å²) in [6, 6.07) is 57.2. The Hall–Kier alpha value is -4.50. The van der Waals surface area contributed by atoms with Crippen molar-refractivity contribution >= 4 is 54.0 Å². The van der Waals surface area contributed by atoms with Crippen LogP contribution in [0.3, 0.4) is 0 Å². The molecule has 0 aliphatic rings. The molecule has 0 amide bonds. The molecular weight excluding hydrogens is 856 g/mol. The van der Waals surface area contributed by atoms with E-state index < -0.39 is 15.2 Å². The van der Waals surface area contributed by atoms with Gasteiger partial charge in [0.2, 0.25) is 0 Å². The van der Waals surface area contributed by atoms with Gasteiger partial charge in [-0.3, -0.25) is 0 Å². The fourth-order valence-corrected chi connectivity index (χ4v) is 14.2. The number of hydrogen-bond acceptors (Lipinski definition) is 6. The van der Waals surface area contributed by atoms with Crippen LogP contribution in [-0.2, 0) is 9.13 Å². The second-order valence-electron chi connectivity index (χ2n) is 12.3. The summed E-state index contributed by atoms with van der Waals surface area (Å²) in [5, 5.41) is 0. The van der Waals surface area contributed by atoms with Crippen LogP contribution < -0.4 is 27.0 Å². The second-order valence-corrected chi connectivity index (χ2v) is 20.7. The van der Waals surface area contributed by atoms with Gasteiger partial charge in [0.25, 0.3) is 0 Å². The Labute approximate surface area is 337 Å². The first kappa shape index (κ1) is 40.2. The Kier molecular flexibility index (Phi) is 15.3. The zero-order valence-electron chi connectivity index (χ0n) is 30.2. The predicted octanol–water partition coefficient (Wildman–Crippen LogP) is 11.4. The number of rotatable bonds is 20. The minimum absolute atomic E-state index is 0.102. The van der Waals surface area contributed by atoms with Crippen LogP contribution >= 0.6 is 15.2 Å². The maximum atomic E-state index is 14.5. The Morgan fingerprint density at radius 2 is 0.636 bits per heavy atom. The molecule has 6 aromatic carbocycles. The molecule has 0 heterocycles. The zero-order valence-corrected chi connectivity index (χ0v) is 35.4. The number of benzene rings is 6. The fourth-order valence-electron chi connectivity index (χ4n) is 5.35. The molecule has 280 valence electrons. The van der Waals surface area contributed by atoms with Crippen molar-refractivity contribution in [1.29, 1.82) is 0 Å². The van der Waals surface area contributed by atoms with E-state index in [1.807, 2.05) is 109 Å². The first-order chi connectivity index (χ1) is 26.9. The Morgan fingerprint density at radius 3 is 0.909 bits per heavy atom. The van der Waals surface area contributed by atoms with Crippen LogP contribution in [0.4, 0.5) is 0 Å². The van der Waals surface area contributed by atoms with Gasteiger partial charge < -0.3 is 0 Å². The van der Waals surface area contributed by atoms with Crippen molar-refractivity contribution < 1.29 is 27.2 Å². The van der Waals surface area contributed by atoms with Crippen LogP contribution in [0.25, 0.3) is 0 Å². The van der Waals surface area contributed by atoms with Crippen LogP contribution in [-0.4, -0.2) is 29.9 Å². The van der Waals surface area contributed by atoms with E-state index in [9.17, 15) is 9.13 Å². The molecule has 0 aliphatic carbocycles. The van der Waals surface area contributed by atoms with E-state index in [2.05, 4.69) is 24.3 Å². The molecule has 0 spiro atoms. The normalized spacial score (nSPS) is 12.1. The Morgan fingerprint density at radius 1 is 0.382 bits per heavy atom. The van der Waals surface area contributed by atoms with E-state index in [-0.39, 0.29) is 29.9 Å². The van der Waals surface area contributed by atoms with Crippen molar-refractivity contribution in [3.8, 4) is 23.0 Å². The average Bonchev–Trinajstić information content (AvgIpc) is 3.20. The van der Waals surface area contributed by atoms with Gasteiger partial charge in [-0.2, -0.15) is 0 Å². The third kappa shape index (κ3) is 13.9. The first-order valence-corrected chi connectivity index (χ1v) is 24.6. The molecule has 6 nitrogen and oxygen atoms in total. The van der Waals surface area contributed by atoms with Crippen LogP contribution in [0, 0.1) is 0 Å². The summed E-state index contributed by atoms with van der Waals surface area (Å²) in [5.41, 5.74) is 0. The molecule has 0 bridgehead atoms. The summed E-state index contributed by atoms with van der Waals surface area (Å²) in [6.45, 7) is 0. The monoisotopic (exact) mass is 900 g/mol. The molecule has 0 aromatic heterocycles. The quantitative estimate of drug-likeness (QED) is 0.0432. The summed E-state index contributed by atoms with van der Waals surface area (Å²) in [4.78, 5) is 0. The molecule has 6 rings (SSSR count). The standard InChI is InChI=1S/C45H42O6P2Se2/c46-52(48-38-22-8-1-9-23-38,49-39-24-10-2-11-25-39)36-44(54-42-30-16-5-17-31-42)34-20-7-21-35-45(55-43-32-18-6-19-33-43)37-53(47,50-40-26-12-3-13-27-40)51-41-28-14-4-15-29-41/h1-6,8-19,22-33,36-37H,7,20-21,34-35H2/b44-36-,45-37-. The van der Waals surface area contributed by atoms with Crippen molar-refractivity contribution in [3.05, 3.63) is 203 Å². The van der Waals surface area contributed by atoms with E-state index in [1.165, 1.54) is 8.92 Å². The molecule has 0 radical (unpaired) electrons. The Balaban J connectivity index is 1.21. The van der Waals surface area contributed by atoms with Gasteiger partial charge in [0.1, 0.15) is 0 Å². The molecule has 0 unspecified atom stereocenters. The van der Waals surface area contributed by atoms with Crippen LogP contribution in [0.15, 0.2) is 203 Å². The molecule has 0 atom stereocenters. The topological polar surface area (TPSA) is 71.1 Å². The molecule has 55 heavy (non-hydrogen) atoms. The van der Waals surface area contributed by atoms with E-state index in [0.717, 1.165) is 41.0 Å². The molecule has 0 aliphatic heterocycles. The summed E-state index contributed by atoms with van der Waals surface area (Å²) in [7, 11) is -7.52. The summed E-state index contributed by atoms with van der Waals surface area (Å²) >= 11 is -0.205.